The van der Waals surface area contributed by atoms with Gasteiger partial charge in [-0.15, -0.1) is 0 Å². The largest absolute Gasteiger partial charge is 0.707 e. The predicted molar refractivity (Wildman–Crippen MR) is 60.3 cm³/mol. The lowest BCUT2D eigenvalue weighted by molar-refractivity contribution is 0.0845. The van der Waals surface area contributed by atoms with E-state index in [2.05, 4.69) is 13.8 Å². The van der Waals surface area contributed by atoms with Gasteiger partial charge in [0.05, 0.1) is 0 Å². The van der Waals surface area contributed by atoms with Crippen molar-refractivity contribution in [3.63, 3.8) is 0 Å². The summed E-state index contributed by atoms with van der Waals surface area (Å²) in [6.07, 6.45) is 1.84. The van der Waals surface area contributed by atoms with E-state index in [1.54, 1.807) is 18.2 Å². The van der Waals surface area contributed by atoms with Crippen LogP contribution >= 0.6 is 0 Å². The van der Waals surface area contributed by atoms with Crippen molar-refractivity contribution in [3.05, 3.63) is 23.8 Å². The number of ether oxygens (including phenoxy) is 1. The molecule has 16 heavy (non-hydrogen) atoms. The number of aryl methyl sites for hydroxylation is 1. The average Bonchev–Trinajstić information content (AvgIpc) is 2.16. The Balaban J connectivity index is 2.21. The van der Waals surface area contributed by atoms with Crippen molar-refractivity contribution in [1.29, 1.82) is 0 Å². The van der Waals surface area contributed by atoms with Crippen LogP contribution in [0.25, 0.3) is 0 Å². The third kappa shape index (κ3) is 2.48. The fourth-order valence-electron chi connectivity index (χ4n) is 1.83. The molecular weight excluding hydrogens is 207 g/mol. The van der Waals surface area contributed by atoms with Crippen molar-refractivity contribution in [2.75, 3.05) is 0 Å². The molecule has 0 spiro atoms. The SMILES string of the molecule is CC1(C)CCc2cc(OB(O)O)ccc2O1. The summed E-state index contributed by atoms with van der Waals surface area (Å²) in [6, 6.07) is 5.25. The first kappa shape index (κ1) is 11.3. The molecule has 0 radical (unpaired) electrons. The first-order chi connectivity index (χ1) is 7.46. The summed E-state index contributed by atoms with van der Waals surface area (Å²) in [5.74, 6) is 1.29. The summed E-state index contributed by atoms with van der Waals surface area (Å²) in [6.45, 7) is 4.11. The second-order valence-electron chi connectivity index (χ2n) is 4.58. The van der Waals surface area contributed by atoms with Crippen LogP contribution in [0.2, 0.25) is 0 Å². The molecule has 0 amide bonds. The number of hydrogen-bond acceptors (Lipinski definition) is 4. The van der Waals surface area contributed by atoms with Gasteiger partial charge in [-0.05, 0) is 50.5 Å². The van der Waals surface area contributed by atoms with Crippen LogP contribution in [0, 0.1) is 0 Å². The molecule has 1 aliphatic rings. The van der Waals surface area contributed by atoms with Crippen LogP contribution in [0.1, 0.15) is 25.8 Å². The highest BCUT2D eigenvalue weighted by Gasteiger charge is 2.26. The lowest BCUT2D eigenvalue weighted by Gasteiger charge is -2.32. The lowest BCUT2D eigenvalue weighted by Crippen LogP contribution is -2.32. The summed E-state index contributed by atoms with van der Waals surface area (Å²) in [5.41, 5.74) is 0.906. The molecule has 0 saturated heterocycles. The zero-order chi connectivity index (χ0) is 11.8. The van der Waals surface area contributed by atoms with Crippen molar-refractivity contribution >= 4 is 7.32 Å². The van der Waals surface area contributed by atoms with Crippen LogP contribution in [0.3, 0.4) is 0 Å². The zero-order valence-corrected chi connectivity index (χ0v) is 9.43. The molecular formula is C11H15BO4. The Labute approximate surface area is 95.0 Å². The standard InChI is InChI=1S/C11H15BO4/c1-11(2)6-5-8-7-9(16-12(13)14)3-4-10(8)15-11/h3-4,7,13-14H,5-6H2,1-2H3. The summed E-state index contributed by atoms with van der Waals surface area (Å²) < 4.78 is 10.6. The van der Waals surface area contributed by atoms with E-state index in [1.165, 1.54) is 0 Å². The maximum atomic E-state index is 8.70. The average molecular weight is 222 g/mol. The van der Waals surface area contributed by atoms with E-state index < -0.39 is 7.32 Å². The monoisotopic (exact) mass is 222 g/mol. The zero-order valence-electron chi connectivity index (χ0n) is 9.43. The van der Waals surface area contributed by atoms with Gasteiger partial charge in [-0.1, -0.05) is 0 Å². The Morgan fingerprint density at radius 1 is 1.38 bits per heavy atom. The van der Waals surface area contributed by atoms with Gasteiger partial charge < -0.3 is 19.4 Å². The minimum Gasteiger partial charge on any atom is -0.512 e. The molecule has 0 saturated carbocycles. The molecule has 0 unspecified atom stereocenters. The first-order valence-corrected chi connectivity index (χ1v) is 5.31. The molecule has 1 aromatic carbocycles. The van der Waals surface area contributed by atoms with Crippen molar-refractivity contribution in [1.82, 2.24) is 0 Å². The third-order valence-electron chi connectivity index (χ3n) is 2.66. The Hall–Kier alpha value is -1.20. The number of fused-ring (bicyclic) bond motifs is 1. The fraction of sp³-hybridized carbons (Fsp3) is 0.455. The molecule has 1 aromatic rings. The minimum atomic E-state index is -1.78. The molecule has 2 rings (SSSR count). The Morgan fingerprint density at radius 2 is 2.12 bits per heavy atom. The van der Waals surface area contributed by atoms with Crippen molar-refractivity contribution in [3.8, 4) is 11.5 Å². The van der Waals surface area contributed by atoms with Gasteiger partial charge in [-0.2, -0.15) is 0 Å². The fourth-order valence-corrected chi connectivity index (χ4v) is 1.83. The van der Waals surface area contributed by atoms with Crippen molar-refractivity contribution < 1.29 is 19.4 Å². The van der Waals surface area contributed by atoms with E-state index in [9.17, 15) is 0 Å². The van der Waals surface area contributed by atoms with Crippen molar-refractivity contribution in [2.45, 2.75) is 32.3 Å². The van der Waals surface area contributed by atoms with E-state index in [1.807, 2.05) is 0 Å². The van der Waals surface area contributed by atoms with Gasteiger partial charge in [0.2, 0.25) is 0 Å². The topological polar surface area (TPSA) is 58.9 Å². The summed E-state index contributed by atoms with van der Waals surface area (Å²) in [4.78, 5) is 0. The highest BCUT2D eigenvalue weighted by Crippen LogP contribution is 2.34. The maximum absolute atomic E-state index is 8.70. The Morgan fingerprint density at radius 3 is 2.81 bits per heavy atom. The molecule has 5 heteroatoms. The lowest BCUT2D eigenvalue weighted by atomic mass is 9.94. The first-order valence-electron chi connectivity index (χ1n) is 5.31. The Bertz CT molecular complexity index is 390. The Kier molecular flexibility index (Phi) is 2.82. The minimum absolute atomic E-state index is 0.133. The molecule has 4 nitrogen and oxygen atoms in total. The molecule has 0 bridgehead atoms. The molecule has 1 aliphatic heterocycles. The van der Waals surface area contributed by atoms with E-state index in [0.717, 1.165) is 24.2 Å². The smallest absolute Gasteiger partial charge is 0.512 e. The molecule has 1 heterocycles. The van der Waals surface area contributed by atoms with Crippen LogP contribution in [0.5, 0.6) is 11.5 Å². The quantitative estimate of drug-likeness (QED) is 0.736. The maximum Gasteiger partial charge on any atom is 0.707 e. The summed E-state index contributed by atoms with van der Waals surface area (Å²) >= 11 is 0. The normalized spacial score (nSPS) is 17.2. The molecule has 0 aromatic heterocycles. The van der Waals surface area contributed by atoms with Crippen LogP contribution in [0.4, 0.5) is 0 Å². The third-order valence-corrected chi connectivity index (χ3v) is 2.66. The van der Waals surface area contributed by atoms with Crippen LogP contribution < -0.4 is 9.39 Å². The van der Waals surface area contributed by atoms with Gasteiger partial charge >= 0.3 is 7.32 Å². The van der Waals surface area contributed by atoms with E-state index in [-0.39, 0.29) is 5.60 Å². The molecule has 0 fully saturated rings. The molecule has 86 valence electrons. The van der Waals surface area contributed by atoms with E-state index in [0.29, 0.717) is 5.75 Å². The number of rotatable bonds is 2. The highest BCUT2D eigenvalue weighted by atomic mass is 16.6. The van der Waals surface area contributed by atoms with E-state index in [4.69, 9.17) is 19.4 Å². The molecule has 0 aliphatic carbocycles. The predicted octanol–water partition coefficient (Wildman–Crippen LogP) is 1.14. The van der Waals surface area contributed by atoms with Crippen LogP contribution in [0.15, 0.2) is 18.2 Å². The van der Waals surface area contributed by atoms with Gasteiger partial charge in [0.15, 0.2) is 0 Å². The second-order valence-corrected chi connectivity index (χ2v) is 4.58. The van der Waals surface area contributed by atoms with Gasteiger partial charge in [0, 0.05) is 0 Å². The van der Waals surface area contributed by atoms with E-state index >= 15 is 0 Å². The summed E-state index contributed by atoms with van der Waals surface area (Å²) in [7, 11) is -1.78. The molecule has 2 N–H and O–H groups in total. The van der Waals surface area contributed by atoms with Gasteiger partial charge in [-0.25, -0.2) is 0 Å². The van der Waals surface area contributed by atoms with Crippen LogP contribution in [-0.4, -0.2) is 23.0 Å². The number of hydrogen-bond donors (Lipinski definition) is 2. The number of benzene rings is 1. The van der Waals surface area contributed by atoms with Gasteiger partial charge in [0.1, 0.15) is 17.1 Å². The highest BCUT2D eigenvalue weighted by molar-refractivity contribution is 6.33. The van der Waals surface area contributed by atoms with Crippen molar-refractivity contribution in [2.24, 2.45) is 0 Å². The second kappa shape index (κ2) is 3.99. The van der Waals surface area contributed by atoms with Gasteiger partial charge in [-0.3, -0.25) is 0 Å². The molecule has 0 atom stereocenters. The van der Waals surface area contributed by atoms with Crippen LogP contribution in [-0.2, 0) is 6.42 Å². The summed E-state index contributed by atoms with van der Waals surface area (Å²) in [5, 5.41) is 17.4. The van der Waals surface area contributed by atoms with Gasteiger partial charge in [0.25, 0.3) is 0 Å².